The summed E-state index contributed by atoms with van der Waals surface area (Å²) in [6.45, 7) is 1.01. The Hall–Kier alpha value is -2.30. The third-order valence-electron chi connectivity index (χ3n) is 4.86. The number of aliphatic hydroxyl groups is 1. The molecule has 122 valence electrons. The van der Waals surface area contributed by atoms with Crippen molar-refractivity contribution in [2.75, 3.05) is 6.54 Å². The predicted molar refractivity (Wildman–Crippen MR) is 92.1 cm³/mol. The fourth-order valence-electron chi connectivity index (χ4n) is 3.60. The maximum Gasteiger partial charge on any atom is 0.132 e. The Morgan fingerprint density at radius 3 is 2.92 bits per heavy atom. The summed E-state index contributed by atoms with van der Waals surface area (Å²) in [7, 11) is 0. The zero-order valence-electron chi connectivity index (χ0n) is 13.3. The molecule has 1 aromatic heterocycles. The molecule has 0 aliphatic heterocycles. The Kier molecular flexibility index (Phi) is 3.79. The van der Waals surface area contributed by atoms with Gasteiger partial charge in [0, 0.05) is 24.7 Å². The van der Waals surface area contributed by atoms with Crippen molar-refractivity contribution in [2.45, 2.75) is 25.0 Å². The monoisotopic (exact) mass is 322 g/mol. The van der Waals surface area contributed by atoms with Crippen molar-refractivity contribution in [3.05, 3.63) is 77.2 Å². The standard InChI is InChI=1S/C20H19FN2O/c21-18-8-7-15(19-16(18)5-3-11-23-19)12-22-13-20(24)10-9-14-4-1-2-6-17(14)20/h1-8,11,22,24H,9-10,12-13H2. The van der Waals surface area contributed by atoms with E-state index in [1.54, 1.807) is 24.4 Å². The van der Waals surface area contributed by atoms with Crippen LogP contribution < -0.4 is 5.32 Å². The summed E-state index contributed by atoms with van der Waals surface area (Å²) in [6, 6.07) is 14.7. The van der Waals surface area contributed by atoms with Crippen LogP contribution in [0, 0.1) is 5.82 Å². The Morgan fingerprint density at radius 1 is 1.12 bits per heavy atom. The molecule has 0 spiro atoms. The number of benzene rings is 2. The van der Waals surface area contributed by atoms with Crippen LogP contribution in [0.4, 0.5) is 4.39 Å². The molecule has 0 fully saturated rings. The second-order valence-corrected chi connectivity index (χ2v) is 6.40. The van der Waals surface area contributed by atoms with Gasteiger partial charge in [0.15, 0.2) is 0 Å². The maximum atomic E-state index is 13.9. The van der Waals surface area contributed by atoms with Crippen molar-refractivity contribution in [1.82, 2.24) is 10.3 Å². The highest BCUT2D eigenvalue weighted by Crippen LogP contribution is 2.36. The summed E-state index contributed by atoms with van der Waals surface area (Å²) < 4.78 is 13.9. The molecular formula is C20H19FN2O. The molecule has 1 aliphatic carbocycles. The fourth-order valence-corrected chi connectivity index (χ4v) is 3.60. The van der Waals surface area contributed by atoms with Crippen LogP contribution in [0.1, 0.15) is 23.1 Å². The van der Waals surface area contributed by atoms with Gasteiger partial charge in [-0.3, -0.25) is 4.98 Å². The first kappa shape index (κ1) is 15.2. The molecule has 3 aromatic rings. The van der Waals surface area contributed by atoms with E-state index in [4.69, 9.17) is 0 Å². The van der Waals surface area contributed by atoms with Crippen LogP contribution in [0.2, 0.25) is 0 Å². The van der Waals surface area contributed by atoms with Gasteiger partial charge >= 0.3 is 0 Å². The molecule has 4 heteroatoms. The number of fused-ring (bicyclic) bond motifs is 2. The van der Waals surface area contributed by atoms with Gasteiger partial charge in [-0.15, -0.1) is 0 Å². The third kappa shape index (κ3) is 2.58. The minimum Gasteiger partial charge on any atom is -0.384 e. The van der Waals surface area contributed by atoms with E-state index in [1.165, 1.54) is 11.6 Å². The number of aryl methyl sites for hydroxylation is 1. The van der Waals surface area contributed by atoms with Crippen molar-refractivity contribution in [3.63, 3.8) is 0 Å². The van der Waals surface area contributed by atoms with Crippen LogP contribution in [0.5, 0.6) is 0 Å². The molecule has 0 saturated carbocycles. The van der Waals surface area contributed by atoms with Crippen LogP contribution in [-0.2, 0) is 18.6 Å². The van der Waals surface area contributed by atoms with Crippen molar-refractivity contribution < 1.29 is 9.50 Å². The Labute approximate surface area is 140 Å². The summed E-state index contributed by atoms with van der Waals surface area (Å²) in [5, 5.41) is 14.8. The molecule has 0 amide bonds. The number of rotatable bonds is 4. The molecule has 0 radical (unpaired) electrons. The summed E-state index contributed by atoms with van der Waals surface area (Å²) in [4.78, 5) is 4.30. The molecule has 3 nitrogen and oxygen atoms in total. The van der Waals surface area contributed by atoms with Crippen LogP contribution in [0.3, 0.4) is 0 Å². The van der Waals surface area contributed by atoms with Crippen molar-refractivity contribution >= 4 is 10.9 Å². The Morgan fingerprint density at radius 2 is 2.00 bits per heavy atom. The minimum atomic E-state index is -0.833. The van der Waals surface area contributed by atoms with E-state index in [0.717, 1.165) is 24.0 Å². The van der Waals surface area contributed by atoms with Crippen molar-refractivity contribution in [2.24, 2.45) is 0 Å². The molecule has 1 heterocycles. The Bertz CT molecular complexity index is 896. The van der Waals surface area contributed by atoms with E-state index in [1.807, 2.05) is 18.2 Å². The van der Waals surface area contributed by atoms with Gasteiger partial charge in [-0.05, 0) is 47.7 Å². The van der Waals surface area contributed by atoms with Crippen molar-refractivity contribution in [3.8, 4) is 0 Å². The van der Waals surface area contributed by atoms with E-state index in [-0.39, 0.29) is 5.82 Å². The molecule has 1 atom stereocenters. The highest BCUT2D eigenvalue weighted by Gasteiger charge is 2.35. The molecule has 2 N–H and O–H groups in total. The third-order valence-corrected chi connectivity index (χ3v) is 4.86. The average molecular weight is 322 g/mol. The van der Waals surface area contributed by atoms with Gasteiger partial charge in [-0.2, -0.15) is 0 Å². The van der Waals surface area contributed by atoms with Crippen LogP contribution in [0.15, 0.2) is 54.7 Å². The van der Waals surface area contributed by atoms with Crippen LogP contribution >= 0.6 is 0 Å². The van der Waals surface area contributed by atoms with Gasteiger partial charge in [0.1, 0.15) is 11.4 Å². The van der Waals surface area contributed by atoms with E-state index in [0.29, 0.717) is 24.0 Å². The summed E-state index contributed by atoms with van der Waals surface area (Å²) >= 11 is 0. The molecule has 2 aromatic carbocycles. The van der Waals surface area contributed by atoms with E-state index in [9.17, 15) is 9.50 Å². The number of pyridine rings is 1. The zero-order valence-corrected chi connectivity index (χ0v) is 13.3. The minimum absolute atomic E-state index is 0.259. The van der Waals surface area contributed by atoms with E-state index < -0.39 is 5.60 Å². The second kappa shape index (κ2) is 5.96. The number of aromatic nitrogens is 1. The van der Waals surface area contributed by atoms with Gasteiger partial charge in [-0.1, -0.05) is 30.3 Å². The molecule has 24 heavy (non-hydrogen) atoms. The van der Waals surface area contributed by atoms with E-state index in [2.05, 4.69) is 16.4 Å². The number of nitrogens with zero attached hydrogens (tertiary/aromatic N) is 1. The molecule has 4 rings (SSSR count). The maximum absolute atomic E-state index is 13.9. The number of hydrogen-bond donors (Lipinski definition) is 2. The smallest absolute Gasteiger partial charge is 0.132 e. The highest BCUT2D eigenvalue weighted by atomic mass is 19.1. The fraction of sp³-hybridized carbons (Fsp3) is 0.250. The lowest BCUT2D eigenvalue weighted by Crippen LogP contribution is -2.36. The SMILES string of the molecule is OC1(CNCc2ccc(F)c3cccnc23)CCc2ccccc21. The van der Waals surface area contributed by atoms with Gasteiger partial charge in [0.25, 0.3) is 0 Å². The van der Waals surface area contributed by atoms with Crippen LogP contribution in [0.25, 0.3) is 10.9 Å². The van der Waals surface area contributed by atoms with Gasteiger partial charge in [-0.25, -0.2) is 4.39 Å². The quantitative estimate of drug-likeness (QED) is 0.775. The largest absolute Gasteiger partial charge is 0.384 e. The topological polar surface area (TPSA) is 45.1 Å². The first-order chi connectivity index (χ1) is 11.7. The summed E-state index contributed by atoms with van der Waals surface area (Å²) in [6.07, 6.45) is 3.29. The van der Waals surface area contributed by atoms with E-state index >= 15 is 0 Å². The van der Waals surface area contributed by atoms with Gasteiger partial charge < -0.3 is 10.4 Å². The first-order valence-corrected chi connectivity index (χ1v) is 8.21. The number of halogens is 1. The molecule has 1 aliphatic rings. The lowest BCUT2D eigenvalue weighted by Gasteiger charge is -2.24. The van der Waals surface area contributed by atoms with Crippen LogP contribution in [-0.4, -0.2) is 16.6 Å². The number of nitrogens with one attached hydrogen (secondary N) is 1. The first-order valence-electron chi connectivity index (χ1n) is 8.21. The zero-order chi connectivity index (χ0) is 16.6. The lowest BCUT2D eigenvalue weighted by molar-refractivity contribution is 0.0385. The normalized spacial score (nSPS) is 19.6. The molecule has 0 bridgehead atoms. The van der Waals surface area contributed by atoms with Gasteiger partial charge in [0.2, 0.25) is 0 Å². The summed E-state index contributed by atoms with van der Waals surface area (Å²) in [5.41, 5.74) is 3.00. The predicted octanol–water partition coefficient (Wildman–Crippen LogP) is 3.30. The Balaban J connectivity index is 1.52. The van der Waals surface area contributed by atoms with Gasteiger partial charge in [0.05, 0.1) is 5.52 Å². The van der Waals surface area contributed by atoms with Crippen molar-refractivity contribution in [1.29, 1.82) is 0 Å². The number of hydrogen-bond acceptors (Lipinski definition) is 3. The second-order valence-electron chi connectivity index (χ2n) is 6.40. The molecular weight excluding hydrogens is 303 g/mol. The molecule has 1 unspecified atom stereocenters. The summed E-state index contributed by atoms with van der Waals surface area (Å²) in [5.74, 6) is -0.259. The average Bonchev–Trinajstić information content (AvgIpc) is 2.95. The highest BCUT2D eigenvalue weighted by molar-refractivity contribution is 5.82. The lowest BCUT2D eigenvalue weighted by atomic mass is 9.96. The molecule has 0 saturated heterocycles.